The van der Waals surface area contributed by atoms with Gasteiger partial charge in [0.1, 0.15) is 17.3 Å². The molecule has 8 nitrogen and oxygen atoms in total. The van der Waals surface area contributed by atoms with Gasteiger partial charge in [-0.15, -0.1) is 0 Å². The summed E-state index contributed by atoms with van der Waals surface area (Å²) in [4.78, 5) is 25.3. The van der Waals surface area contributed by atoms with Gasteiger partial charge in [0.15, 0.2) is 6.04 Å². The molecule has 4 aromatic rings. The number of hydrogen-bond donors (Lipinski definition) is 1. The van der Waals surface area contributed by atoms with Crippen LogP contribution < -0.4 is 9.50 Å². The molecule has 1 aliphatic carbocycles. The zero-order valence-corrected chi connectivity index (χ0v) is 21.8. The number of carbonyl (C=O) groups is 2. The van der Waals surface area contributed by atoms with Gasteiger partial charge in [-0.2, -0.15) is 8.42 Å². The van der Waals surface area contributed by atoms with Crippen molar-refractivity contribution in [2.75, 3.05) is 13.7 Å². The number of alkyl carbamates (subject to hydrolysis) is 1. The Labute approximate surface area is 226 Å². The van der Waals surface area contributed by atoms with Gasteiger partial charge in [-0.1, -0.05) is 78.9 Å². The predicted molar refractivity (Wildman–Crippen MR) is 144 cm³/mol. The molecule has 9 heteroatoms. The molecule has 4 aromatic carbocycles. The van der Waals surface area contributed by atoms with Crippen LogP contribution >= 0.6 is 0 Å². The van der Waals surface area contributed by atoms with Crippen LogP contribution in [0, 0.1) is 0 Å². The van der Waals surface area contributed by atoms with E-state index in [4.69, 9.17) is 13.7 Å². The molecular formula is C30H25NO7S. The molecule has 1 atom stereocenters. The Kier molecular flexibility index (Phi) is 7.33. The molecular weight excluding hydrogens is 518 g/mol. The fourth-order valence-electron chi connectivity index (χ4n) is 4.63. The monoisotopic (exact) mass is 543 g/mol. The Morgan fingerprint density at radius 1 is 0.795 bits per heavy atom. The first-order chi connectivity index (χ1) is 18.9. The molecule has 5 rings (SSSR count). The molecule has 0 radical (unpaired) electrons. The van der Waals surface area contributed by atoms with E-state index in [1.807, 2.05) is 48.5 Å². The van der Waals surface area contributed by atoms with Crippen LogP contribution in [0.2, 0.25) is 0 Å². The Morgan fingerprint density at radius 2 is 1.36 bits per heavy atom. The number of hydrogen-bond acceptors (Lipinski definition) is 7. The predicted octanol–water partition coefficient (Wildman–Crippen LogP) is 5.21. The van der Waals surface area contributed by atoms with Crippen molar-refractivity contribution in [2.45, 2.75) is 16.9 Å². The molecule has 0 bridgehead atoms. The zero-order chi connectivity index (χ0) is 27.4. The smallest absolute Gasteiger partial charge is 0.408 e. The van der Waals surface area contributed by atoms with Crippen LogP contribution in [0.15, 0.2) is 108 Å². The van der Waals surface area contributed by atoms with Crippen molar-refractivity contribution >= 4 is 22.2 Å². The molecule has 1 aliphatic rings. The van der Waals surface area contributed by atoms with Crippen LogP contribution in [0.4, 0.5) is 4.79 Å². The maximum atomic E-state index is 12.8. The fraction of sp³-hybridized carbons (Fsp3) is 0.133. The van der Waals surface area contributed by atoms with Gasteiger partial charge in [0, 0.05) is 5.92 Å². The summed E-state index contributed by atoms with van der Waals surface area (Å²) >= 11 is 0. The van der Waals surface area contributed by atoms with Crippen LogP contribution in [0.1, 0.15) is 28.7 Å². The lowest BCUT2D eigenvalue weighted by atomic mass is 9.98. The molecule has 0 fully saturated rings. The first-order valence-electron chi connectivity index (χ1n) is 12.2. The number of esters is 1. The van der Waals surface area contributed by atoms with Crippen molar-refractivity contribution in [3.63, 3.8) is 0 Å². The van der Waals surface area contributed by atoms with Crippen molar-refractivity contribution in [3.05, 3.63) is 120 Å². The summed E-state index contributed by atoms with van der Waals surface area (Å²) in [7, 11) is -2.82. The van der Waals surface area contributed by atoms with E-state index in [2.05, 4.69) is 5.32 Å². The van der Waals surface area contributed by atoms with Crippen molar-refractivity contribution in [3.8, 4) is 16.9 Å². The van der Waals surface area contributed by atoms with E-state index in [0.29, 0.717) is 5.56 Å². The summed E-state index contributed by atoms with van der Waals surface area (Å²) in [6, 6.07) is 28.2. The third-order valence-electron chi connectivity index (χ3n) is 6.49. The second kappa shape index (κ2) is 11.0. The van der Waals surface area contributed by atoms with E-state index in [-0.39, 0.29) is 23.2 Å². The molecule has 0 aromatic heterocycles. The highest BCUT2D eigenvalue weighted by molar-refractivity contribution is 7.87. The summed E-state index contributed by atoms with van der Waals surface area (Å²) in [6.07, 6.45) is -0.792. The third kappa shape index (κ3) is 5.49. The molecule has 0 aliphatic heterocycles. The van der Waals surface area contributed by atoms with Gasteiger partial charge in [-0.3, -0.25) is 0 Å². The van der Waals surface area contributed by atoms with Gasteiger partial charge in [0.25, 0.3) is 0 Å². The molecule has 198 valence electrons. The largest absolute Gasteiger partial charge is 0.467 e. The Balaban J connectivity index is 1.27. The topological polar surface area (TPSA) is 108 Å². The Hall–Kier alpha value is -4.63. The number of benzene rings is 4. The van der Waals surface area contributed by atoms with Crippen molar-refractivity contribution in [1.82, 2.24) is 5.32 Å². The van der Waals surface area contributed by atoms with Gasteiger partial charge in [0.2, 0.25) is 0 Å². The van der Waals surface area contributed by atoms with Gasteiger partial charge in [-0.25, -0.2) is 9.59 Å². The zero-order valence-electron chi connectivity index (χ0n) is 20.9. The number of methoxy groups -OCH3 is 1. The molecule has 39 heavy (non-hydrogen) atoms. The molecule has 0 spiro atoms. The van der Waals surface area contributed by atoms with Crippen LogP contribution in [-0.4, -0.2) is 34.2 Å². The highest BCUT2D eigenvalue weighted by Crippen LogP contribution is 2.44. The number of ether oxygens (including phenoxy) is 2. The van der Waals surface area contributed by atoms with E-state index in [0.717, 1.165) is 22.3 Å². The SMILES string of the molecule is COC(=O)C(NC(=O)OCC1c2ccccc2-c2ccccc21)c1ccc(OS(=O)(=O)c2ccccc2)cc1. The van der Waals surface area contributed by atoms with E-state index >= 15 is 0 Å². The average molecular weight is 544 g/mol. The summed E-state index contributed by atoms with van der Waals surface area (Å²) in [6.45, 7) is 0.0812. The quantitative estimate of drug-likeness (QED) is 0.240. The maximum absolute atomic E-state index is 12.8. The molecule has 1 amide bonds. The first-order valence-corrected chi connectivity index (χ1v) is 13.6. The highest BCUT2D eigenvalue weighted by atomic mass is 32.2. The van der Waals surface area contributed by atoms with Crippen molar-refractivity contribution in [1.29, 1.82) is 0 Å². The van der Waals surface area contributed by atoms with E-state index in [1.54, 1.807) is 18.2 Å². The normalized spacial score (nSPS) is 13.1. The second-order valence-electron chi connectivity index (χ2n) is 8.85. The minimum Gasteiger partial charge on any atom is -0.467 e. The summed E-state index contributed by atoms with van der Waals surface area (Å²) in [5.41, 5.74) is 4.70. The molecule has 0 saturated carbocycles. The van der Waals surface area contributed by atoms with Gasteiger partial charge in [0.05, 0.1) is 7.11 Å². The number of nitrogens with one attached hydrogen (secondary N) is 1. The standard InChI is InChI=1S/C30H25NO7S/c1-36-29(32)28(20-15-17-21(18-16-20)38-39(34,35)22-9-3-2-4-10-22)31-30(33)37-19-27-25-13-7-5-11-23(25)24-12-6-8-14-26(24)27/h2-18,27-28H,19H2,1H3,(H,31,33). The Bertz CT molecular complexity index is 1560. The lowest BCUT2D eigenvalue weighted by Gasteiger charge is -2.19. The highest BCUT2D eigenvalue weighted by Gasteiger charge is 2.30. The Morgan fingerprint density at radius 3 is 1.95 bits per heavy atom. The van der Waals surface area contributed by atoms with Crippen LogP contribution in [-0.2, 0) is 24.4 Å². The summed E-state index contributed by atoms with van der Waals surface area (Å²) in [5, 5.41) is 2.55. The summed E-state index contributed by atoms with van der Waals surface area (Å²) in [5.74, 6) is -0.802. The van der Waals surface area contributed by atoms with Gasteiger partial charge in [-0.05, 0) is 52.1 Å². The number of rotatable bonds is 8. The fourth-order valence-corrected chi connectivity index (χ4v) is 5.58. The third-order valence-corrected chi connectivity index (χ3v) is 7.76. The lowest BCUT2D eigenvalue weighted by Crippen LogP contribution is -2.35. The number of amides is 1. The first kappa shape index (κ1) is 26.0. The minimum absolute atomic E-state index is 0.0124. The lowest BCUT2D eigenvalue weighted by molar-refractivity contribution is -0.143. The van der Waals surface area contributed by atoms with Crippen molar-refractivity contribution < 1.29 is 31.7 Å². The van der Waals surface area contributed by atoms with E-state index in [9.17, 15) is 18.0 Å². The molecule has 0 heterocycles. The number of fused-ring (bicyclic) bond motifs is 3. The van der Waals surface area contributed by atoms with E-state index in [1.165, 1.54) is 43.5 Å². The van der Waals surface area contributed by atoms with Crippen LogP contribution in [0.5, 0.6) is 5.75 Å². The molecule has 1 N–H and O–H groups in total. The van der Waals surface area contributed by atoms with Crippen LogP contribution in [0.25, 0.3) is 11.1 Å². The average Bonchev–Trinajstić information content (AvgIpc) is 3.29. The second-order valence-corrected chi connectivity index (χ2v) is 10.4. The van der Waals surface area contributed by atoms with E-state index < -0.39 is 28.2 Å². The summed E-state index contributed by atoms with van der Waals surface area (Å²) < 4.78 is 40.6. The molecule has 1 unspecified atom stereocenters. The van der Waals surface area contributed by atoms with Crippen LogP contribution in [0.3, 0.4) is 0 Å². The maximum Gasteiger partial charge on any atom is 0.408 e. The molecule has 0 saturated heterocycles. The van der Waals surface area contributed by atoms with Gasteiger partial charge >= 0.3 is 22.2 Å². The minimum atomic E-state index is -4.03. The van der Waals surface area contributed by atoms with Gasteiger partial charge < -0.3 is 19.0 Å². The number of carbonyl (C=O) groups excluding carboxylic acids is 2. The van der Waals surface area contributed by atoms with Crippen molar-refractivity contribution in [2.24, 2.45) is 0 Å².